The second kappa shape index (κ2) is 3.13. The summed E-state index contributed by atoms with van der Waals surface area (Å²) in [5.41, 5.74) is 15.3. The van der Waals surface area contributed by atoms with Crippen molar-refractivity contribution in [1.29, 1.82) is 0 Å². The van der Waals surface area contributed by atoms with Crippen LogP contribution in [0, 0.1) is 0 Å². The number of nitrogen functional groups attached to an aromatic ring is 1. The predicted octanol–water partition coefficient (Wildman–Crippen LogP) is -1.95. The minimum absolute atomic E-state index is 0.0475. The van der Waals surface area contributed by atoms with Crippen LogP contribution in [0.25, 0.3) is 0 Å². The van der Waals surface area contributed by atoms with Crippen molar-refractivity contribution in [2.24, 2.45) is 11.5 Å². The summed E-state index contributed by atoms with van der Waals surface area (Å²) in [5, 5.41) is 0. The fourth-order valence-electron chi connectivity index (χ4n) is 0.876. The molecule has 0 aliphatic rings. The molecule has 0 aliphatic carbocycles. The van der Waals surface area contributed by atoms with Crippen LogP contribution in [0.1, 0.15) is 10.5 Å². The van der Waals surface area contributed by atoms with E-state index in [0.29, 0.717) is 0 Å². The van der Waals surface area contributed by atoms with Crippen molar-refractivity contribution in [3.05, 3.63) is 12.0 Å². The SMILES string of the molecule is NC(=O)Cn1cnc(C(N)=O)c1N. The van der Waals surface area contributed by atoms with Crippen LogP contribution >= 0.6 is 0 Å². The van der Waals surface area contributed by atoms with Crippen molar-refractivity contribution < 1.29 is 9.59 Å². The summed E-state index contributed by atoms with van der Waals surface area (Å²) in [5.74, 6) is -1.26. The van der Waals surface area contributed by atoms with Crippen molar-refractivity contribution >= 4 is 17.6 Å². The highest BCUT2D eigenvalue weighted by Gasteiger charge is 2.12. The van der Waals surface area contributed by atoms with Crippen LogP contribution in [0.15, 0.2) is 6.33 Å². The Morgan fingerprint density at radius 1 is 1.46 bits per heavy atom. The van der Waals surface area contributed by atoms with E-state index in [0.717, 1.165) is 0 Å². The van der Waals surface area contributed by atoms with E-state index in [2.05, 4.69) is 4.98 Å². The second-order valence-corrected chi connectivity index (χ2v) is 2.44. The first kappa shape index (κ1) is 9.04. The molecule has 1 rings (SSSR count). The Bertz CT molecular complexity index is 356. The zero-order valence-electron chi connectivity index (χ0n) is 6.73. The van der Waals surface area contributed by atoms with Crippen molar-refractivity contribution in [3.8, 4) is 0 Å². The number of carbonyl (C=O) groups excluding carboxylic acids is 2. The van der Waals surface area contributed by atoms with Gasteiger partial charge in [-0.2, -0.15) is 0 Å². The highest BCUT2D eigenvalue weighted by atomic mass is 16.1. The molecule has 1 aromatic heterocycles. The maximum absolute atomic E-state index is 10.7. The fourth-order valence-corrected chi connectivity index (χ4v) is 0.876. The lowest BCUT2D eigenvalue weighted by Crippen LogP contribution is -2.20. The molecular weight excluding hydrogens is 174 g/mol. The van der Waals surface area contributed by atoms with E-state index >= 15 is 0 Å². The lowest BCUT2D eigenvalue weighted by Gasteiger charge is -2.00. The first-order chi connectivity index (χ1) is 6.02. The van der Waals surface area contributed by atoms with Crippen LogP contribution in [0.2, 0.25) is 0 Å². The van der Waals surface area contributed by atoms with Gasteiger partial charge in [-0.15, -0.1) is 0 Å². The van der Waals surface area contributed by atoms with E-state index < -0.39 is 11.8 Å². The van der Waals surface area contributed by atoms with Gasteiger partial charge in [0.15, 0.2) is 5.69 Å². The van der Waals surface area contributed by atoms with Crippen molar-refractivity contribution in [2.75, 3.05) is 5.73 Å². The zero-order valence-corrected chi connectivity index (χ0v) is 6.73. The summed E-state index contributed by atoms with van der Waals surface area (Å²) in [6.07, 6.45) is 1.24. The molecule has 7 nitrogen and oxygen atoms in total. The zero-order chi connectivity index (χ0) is 10.0. The fraction of sp³-hybridized carbons (Fsp3) is 0.167. The summed E-state index contributed by atoms with van der Waals surface area (Å²) >= 11 is 0. The lowest BCUT2D eigenvalue weighted by molar-refractivity contribution is -0.118. The standard InChI is InChI=1S/C6H9N5O2/c7-3(12)1-11-2-10-4(5(11)8)6(9)13/h2H,1,8H2,(H2,7,12)(H2,9,13). The van der Waals surface area contributed by atoms with Gasteiger partial charge in [0, 0.05) is 0 Å². The van der Waals surface area contributed by atoms with E-state index in [4.69, 9.17) is 17.2 Å². The highest BCUT2D eigenvalue weighted by Crippen LogP contribution is 2.08. The number of amides is 2. The molecule has 1 aromatic rings. The molecule has 0 radical (unpaired) electrons. The molecule has 0 spiro atoms. The van der Waals surface area contributed by atoms with Crippen LogP contribution in [-0.2, 0) is 11.3 Å². The Balaban J connectivity index is 2.99. The number of nitrogens with zero attached hydrogens (tertiary/aromatic N) is 2. The molecule has 6 N–H and O–H groups in total. The minimum Gasteiger partial charge on any atom is -0.383 e. The Morgan fingerprint density at radius 2 is 2.08 bits per heavy atom. The molecule has 0 unspecified atom stereocenters. The molecule has 1 heterocycles. The second-order valence-electron chi connectivity index (χ2n) is 2.44. The van der Waals surface area contributed by atoms with E-state index in [1.54, 1.807) is 0 Å². The number of carbonyl (C=O) groups is 2. The van der Waals surface area contributed by atoms with Crippen molar-refractivity contribution in [2.45, 2.75) is 6.54 Å². The van der Waals surface area contributed by atoms with Gasteiger partial charge >= 0.3 is 0 Å². The Labute approximate surface area is 73.5 Å². The van der Waals surface area contributed by atoms with Crippen molar-refractivity contribution in [1.82, 2.24) is 9.55 Å². The number of hydrogen-bond acceptors (Lipinski definition) is 4. The third-order valence-corrected chi connectivity index (χ3v) is 1.44. The number of anilines is 1. The average molecular weight is 183 g/mol. The van der Waals surface area contributed by atoms with Gasteiger partial charge in [-0.3, -0.25) is 9.59 Å². The summed E-state index contributed by atoms with van der Waals surface area (Å²) in [6.45, 7) is -0.119. The van der Waals surface area contributed by atoms with E-state index in [9.17, 15) is 9.59 Å². The van der Waals surface area contributed by atoms with Gasteiger partial charge in [-0.25, -0.2) is 4.98 Å². The molecule has 0 aromatic carbocycles. The van der Waals surface area contributed by atoms with Crippen molar-refractivity contribution in [3.63, 3.8) is 0 Å². The van der Waals surface area contributed by atoms with Crippen LogP contribution in [0.5, 0.6) is 0 Å². The van der Waals surface area contributed by atoms with Gasteiger partial charge < -0.3 is 21.8 Å². The monoisotopic (exact) mass is 183 g/mol. The van der Waals surface area contributed by atoms with Gasteiger partial charge in [0.05, 0.1) is 6.33 Å². The predicted molar refractivity (Wildman–Crippen MR) is 44.4 cm³/mol. The van der Waals surface area contributed by atoms with E-state index in [1.807, 2.05) is 0 Å². The maximum atomic E-state index is 10.7. The molecule has 7 heteroatoms. The number of primary amides is 2. The summed E-state index contributed by atoms with van der Waals surface area (Å²) < 4.78 is 1.25. The smallest absolute Gasteiger partial charge is 0.271 e. The largest absolute Gasteiger partial charge is 0.383 e. The topological polar surface area (TPSA) is 130 Å². The molecule has 0 fully saturated rings. The molecular formula is C6H9N5O2. The van der Waals surface area contributed by atoms with Crippen LogP contribution in [0.4, 0.5) is 5.82 Å². The Morgan fingerprint density at radius 3 is 2.46 bits per heavy atom. The normalized spacial score (nSPS) is 9.85. The number of rotatable bonds is 3. The Kier molecular flexibility index (Phi) is 2.18. The number of hydrogen-bond donors (Lipinski definition) is 3. The summed E-state index contributed by atoms with van der Waals surface area (Å²) in [6, 6.07) is 0. The van der Waals surface area contributed by atoms with E-state index in [1.165, 1.54) is 10.9 Å². The number of aromatic nitrogens is 2. The number of nitrogens with two attached hydrogens (primary N) is 3. The molecule has 0 aliphatic heterocycles. The molecule has 0 bridgehead atoms. The van der Waals surface area contributed by atoms with Gasteiger partial charge in [0.1, 0.15) is 12.4 Å². The highest BCUT2D eigenvalue weighted by molar-refractivity contribution is 5.95. The van der Waals surface area contributed by atoms with Gasteiger partial charge in [0.25, 0.3) is 5.91 Å². The number of imidazole rings is 1. The third-order valence-electron chi connectivity index (χ3n) is 1.44. The van der Waals surface area contributed by atoms with Crippen LogP contribution in [0.3, 0.4) is 0 Å². The molecule has 2 amide bonds. The maximum Gasteiger partial charge on any atom is 0.271 e. The van der Waals surface area contributed by atoms with Gasteiger partial charge in [0.2, 0.25) is 5.91 Å². The third kappa shape index (κ3) is 1.75. The minimum atomic E-state index is -0.735. The summed E-state index contributed by atoms with van der Waals surface area (Å²) in [4.78, 5) is 24.8. The lowest BCUT2D eigenvalue weighted by atomic mass is 10.4. The van der Waals surface area contributed by atoms with Gasteiger partial charge in [-0.05, 0) is 0 Å². The van der Waals surface area contributed by atoms with E-state index in [-0.39, 0.29) is 18.1 Å². The average Bonchev–Trinajstić information content (AvgIpc) is 2.32. The Hall–Kier alpha value is -2.05. The first-order valence-electron chi connectivity index (χ1n) is 3.41. The molecule has 0 saturated carbocycles. The van der Waals surface area contributed by atoms with Gasteiger partial charge in [-0.1, -0.05) is 0 Å². The molecule has 13 heavy (non-hydrogen) atoms. The summed E-state index contributed by atoms with van der Waals surface area (Å²) in [7, 11) is 0. The molecule has 0 atom stereocenters. The first-order valence-corrected chi connectivity index (χ1v) is 3.41. The molecule has 70 valence electrons. The quantitative estimate of drug-likeness (QED) is 0.502. The van der Waals surface area contributed by atoms with Crippen LogP contribution in [-0.4, -0.2) is 21.4 Å². The molecule has 0 saturated heterocycles. The van der Waals surface area contributed by atoms with Crippen LogP contribution < -0.4 is 17.2 Å².